The Bertz CT molecular complexity index is 703. The summed E-state index contributed by atoms with van der Waals surface area (Å²) in [6, 6.07) is 5.88. The number of hydrogen-bond acceptors (Lipinski definition) is 4. The molecule has 0 atom stereocenters. The van der Waals surface area contributed by atoms with Gasteiger partial charge in [0.05, 0.1) is 9.88 Å². The zero-order valence-corrected chi connectivity index (χ0v) is 12.4. The first-order chi connectivity index (χ1) is 9.37. The smallest absolute Gasteiger partial charge is 0.356 e. The monoisotopic (exact) mass is 289 g/mol. The average molecular weight is 289 g/mol. The highest BCUT2D eigenvalue weighted by Gasteiger charge is 2.33. The molecule has 1 N–H and O–H groups in total. The lowest BCUT2D eigenvalue weighted by Crippen LogP contribution is -2.24. The maximum Gasteiger partial charge on any atom is 0.356 e. The molecule has 3 rings (SSSR count). The molecule has 1 aliphatic heterocycles. The van der Waals surface area contributed by atoms with Crippen molar-refractivity contribution in [2.45, 2.75) is 32.8 Å². The van der Waals surface area contributed by atoms with Gasteiger partial charge in [0.25, 0.3) is 0 Å². The molecule has 0 spiro atoms. The molecule has 0 unspecified atom stereocenters. The van der Waals surface area contributed by atoms with Crippen LogP contribution in [-0.2, 0) is 6.42 Å². The Morgan fingerprint density at radius 3 is 2.90 bits per heavy atom. The van der Waals surface area contributed by atoms with Crippen LogP contribution in [0.5, 0.6) is 5.75 Å². The molecule has 104 valence electrons. The van der Waals surface area contributed by atoms with E-state index in [4.69, 9.17) is 4.74 Å². The third kappa shape index (κ3) is 2.08. The highest BCUT2D eigenvalue weighted by Crippen LogP contribution is 2.44. The number of ether oxygens (including phenoxy) is 1. The predicted molar refractivity (Wildman–Crippen MR) is 77.7 cm³/mol. The van der Waals surface area contributed by atoms with Crippen molar-refractivity contribution in [3.05, 3.63) is 34.5 Å². The second-order valence-electron chi connectivity index (χ2n) is 5.55. The van der Waals surface area contributed by atoms with Gasteiger partial charge in [-0.05, 0) is 32.4 Å². The topological polar surface area (TPSA) is 59.4 Å². The van der Waals surface area contributed by atoms with E-state index in [0.29, 0.717) is 4.88 Å². The van der Waals surface area contributed by atoms with Crippen LogP contribution in [0, 0.1) is 6.92 Å². The van der Waals surface area contributed by atoms with Crippen LogP contribution in [0.15, 0.2) is 18.2 Å². The van der Waals surface area contributed by atoms with Gasteiger partial charge in [-0.15, -0.1) is 11.3 Å². The van der Waals surface area contributed by atoms with Crippen LogP contribution in [0.4, 0.5) is 0 Å². The number of aryl methyl sites for hydroxylation is 1. The maximum absolute atomic E-state index is 11.3. The van der Waals surface area contributed by atoms with Crippen molar-refractivity contribution >= 4 is 17.3 Å². The fourth-order valence-corrected chi connectivity index (χ4v) is 3.48. The summed E-state index contributed by atoms with van der Waals surface area (Å²) < 4.78 is 6.01. The van der Waals surface area contributed by atoms with Crippen LogP contribution in [0.1, 0.15) is 34.9 Å². The molecule has 1 aromatic heterocycles. The minimum Gasteiger partial charge on any atom is -0.487 e. The van der Waals surface area contributed by atoms with Gasteiger partial charge in [0, 0.05) is 12.0 Å². The molecule has 0 amide bonds. The van der Waals surface area contributed by atoms with Gasteiger partial charge >= 0.3 is 5.97 Å². The number of aromatic nitrogens is 1. The van der Waals surface area contributed by atoms with Crippen LogP contribution in [0.3, 0.4) is 0 Å². The molecule has 0 bridgehead atoms. The number of thiazole rings is 1. The van der Waals surface area contributed by atoms with Gasteiger partial charge in [0.15, 0.2) is 5.69 Å². The highest BCUT2D eigenvalue weighted by molar-refractivity contribution is 7.15. The van der Waals surface area contributed by atoms with E-state index in [-0.39, 0.29) is 11.3 Å². The number of para-hydroxylation sites is 1. The third-order valence-corrected chi connectivity index (χ3v) is 4.28. The standard InChI is InChI=1S/C15H15NO3S/c1-8-16-11(14(17)18)13(20-8)10-6-4-5-9-7-15(2,3)19-12(9)10/h4-6H,7H2,1-3H3,(H,17,18). The summed E-state index contributed by atoms with van der Waals surface area (Å²) >= 11 is 1.39. The van der Waals surface area contributed by atoms with Crippen molar-refractivity contribution in [2.75, 3.05) is 0 Å². The number of hydrogen-bond donors (Lipinski definition) is 1. The van der Waals surface area contributed by atoms with Gasteiger partial charge in [0.2, 0.25) is 0 Å². The molecule has 2 heterocycles. The minimum atomic E-state index is -1.00. The molecular formula is C15H15NO3S. The zero-order chi connectivity index (χ0) is 14.5. The first-order valence-electron chi connectivity index (χ1n) is 6.39. The molecular weight excluding hydrogens is 274 g/mol. The molecule has 1 aliphatic rings. The molecule has 1 aromatic carbocycles. The van der Waals surface area contributed by atoms with E-state index in [1.54, 1.807) is 0 Å². The quantitative estimate of drug-likeness (QED) is 0.918. The van der Waals surface area contributed by atoms with Crippen molar-refractivity contribution < 1.29 is 14.6 Å². The van der Waals surface area contributed by atoms with Crippen molar-refractivity contribution in [3.63, 3.8) is 0 Å². The second kappa shape index (κ2) is 4.31. The number of carbonyl (C=O) groups is 1. The normalized spacial score (nSPS) is 15.8. The van der Waals surface area contributed by atoms with Gasteiger partial charge < -0.3 is 9.84 Å². The summed E-state index contributed by atoms with van der Waals surface area (Å²) in [5.41, 5.74) is 1.81. The first-order valence-corrected chi connectivity index (χ1v) is 7.21. The molecule has 0 aliphatic carbocycles. The Labute approximate surface area is 121 Å². The lowest BCUT2D eigenvalue weighted by atomic mass is 10.00. The zero-order valence-electron chi connectivity index (χ0n) is 11.6. The van der Waals surface area contributed by atoms with E-state index in [1.165, 1.54) is 11.3 Å². The fraction of sp³-hybridized carbons (Fsp3) is 0.333. The molecule has 20 heavy (non-hydrogen) atoms. The second-order valence-corrected chi connectivity index (χ2v) is 6.75. The van der Waals surface area contributed by atoms with Gasteiger partial charge in [-0.1, -0.05) is 12.1 Å². The highest BCUT2D eigenvalue weighted by atomic mass is 32.1. The number of nitrogens with zero attached hydrogens (tertiary/aromatic N) is 1. The summed E-state index contributed by atoms with van der Waals surface area (Å²) in [7, 11) is 0. The Morgan fingerprint density at radius 1 is 1.45 bits per heavy atom. The van der Waals surface area contributed by atoms with E-state index < -0.39 is 5.97 Å². The molecule has 0 radical (unpaired) electrons. The number of carboxylic acids is 1. The number of fused-ring (bicyclic) bond motifs is 1. The average Bonchev–Trinajstić information content (AvgIpc) is 2.86. The molecule has 4 nitrogen and oxygen atoms in total. The van der Waals surface area contributed by atoms with Crippen molar-refractivity contribution in [1.29, 1.82) is 0 Å². The van der Waals surface area contributed by atoms with Crippen molar-refractivity contribution in [2.24, 2.45) is 0 Å². The fourth-order valence-electron chi connectivity index (χ4n) is 2.55. The Balaban J connectivity index is 2.19. The minimum absolute atomic E-state index is 0.106. The van der Waals surface area contributed by atoms with Crippen molar-refractivity contribution in [1.82, 2.24) is 4.98 Å². The van der Waals surface area contributed by atoms with Crippen molar-refractivity contribution in [3.8, 4) is 16.2 Å². The van der Waals surface area contributed by atoms with E-state index in [1.807, 2.05) is 39.0 Å². The number of carboxylic acid groups (broad SMARTS) is 1. The van der Waals surface area contributed by atoms with E-state index >= 15 is 0 Å². The summed E-state index contributed by atoms with van der Waals surface area (Å²) in [5.74, 6) is -0.206. The summed E-state index contributed by atoms with van der Waals surface area (Å²) in [6.07, 6.45) is 0.830. The van der Waals surface area contributed by atoms with Crippen LogP contribution >= 0.6 is 11.3 Å². The molecule has 0 fully saturated rings. The molecule has 5 heteroatoms. The van der Waals surface area contributed by atoms with E-state index in [0.717, 1.165) is 28.3 Å². The number of benzene rings is 1. The maximum atomic E-state index is 11.3. The molecule has 2 aromatic rings. The Hall–Kier alpha value is -1.88. The van der Waals surface area contributed by atoms with Crippen LogP contribution in [-0.4, -0.2) is 21.7 Å². The van der Waals surface area contributed by atoms with Crippen LogP contribution in [0.25, 0.3) is 10.4 Å². The van der Waals surface area contributed by atoms with Gasteiger partial charge in [-0.3, -0.25) is 0 Å². The number of aromatic carboxylic acids is 1. The predicted octanol–water partition coefficient (Wildman–Crippen LogP) is 3.53. The molecule has 0 saturated heterocycles. The first kappa shape index (κ1) is 13.1. The van der Waals surface area contributed by atoms with E-state index in [9.17, 15) is 9.90 Å². The number of rotatable bonds is 2. The molecule has 0 saturated carbocycles. The lowest BCUT2D eigenvalue weighted by molar-refractivity contribution is 0.0692. The summed E-state index contributed by atoms with van der Waals surface area (Å²) in [4.78, 5) is 16.1. The summed E-state index contributed by atoms with van der Waals surface area (Å²) in [6.45, 7) is 5.88. The van der Waals surface area contributed by atoms with Crippen LogP contribution in [0.2, 0.25) is 0 Å². The third-order valence-electron chi connectivity index (χ3n) is 3.27. The van der Waals surface area contributed by atoms with Gasteiger partial charge in [-0.2, -0.15) is 0 Å². The Morgan fingerprint density at radius 2 is 2.20 bits per heavy atom. The van der Waals surface area contributed by atoms with E-state index in [2.05, 4.69) is 4.98 Å². The van der Waals surface area contributed by atoms with Crippen LogP contribution < -0.4 is 4.74 Å². The summed E-state index contributed by atoms with van der Waals surface area (Å²) in [5, 5.41) is 10.0. The Kier molecular flexibility index (Phi) is 2.83. The largest absolute Gasteiger partial charge is 0.487 e. The van der Waals surface area contributed by atoms with Gasteiger partial charge in [-0.25, -0.2) is 9.78 Å². The van der Waals surface area contributed by atoms with Gasteiger partial charge in [0.1, 0.15) is 11.4 Å². The lowest BCUT2D eigenvalue weighted by Gasteiger charge is -2.18. The SMILES string of the molecule is Cc1nc(C(=O)O)c(-c2cccc3c2OC(C)(C)C3)s1.